The van der Waals surface area contributed by atoms with Gasteiger partial charge in [0.25, 0.3) is 0 Å². The quantitative estimate of drug-likeness (QED) is 0.850. The molecular formula is C11H12N4O2. The Hall–Kier alpha value is -2.24. The fourth-order valence-corrected chi connectivity index (χ4v) is 1.53. The average Bonchev–Trinajstić information content (AvgIpc) is 2.73. The number of carbonyl (C=O) groups is 1. The lowest BCUT2D eigenvalue weighted by atomic mass is 10.1. The van der Waals surface area contributed by atoms with Crippen LogP contribution in [0, 0.1) is 6.92 Å². The molecule has 88 valence electrons. The van der Waals surface area contributed by atoms with Crippen molar-refractivity contribution in [2.75, 3.05) is 0 Å². The van der Waals surface area contributed by atoms with Crippen LogP contribution in [0.25, 0.3) is 5.69 Å². The van der Waals surface area contributed by atoms with Crippen molar-refractivity contribution in [3.8, 4) is 5.69 Å². The fourth-order valence-electron chi connectivity index (χ4n) is 1.53. The third-order valence-electron chi connectivity index (χ3n) is 2.43. The third kappa shape index (κ3) is 2.66. The average molecular weight is 232 g/mol. The van der Waals surface area contributed by atoms with Gasteiger partial charge in [0.05, 0.1) is 5.69 Å². The summed E-state index contributed by atoms with van der Waals surface area (Å²) in [5, 5.41) is 19.8. The molecule has 1 aromatic carbocycles. The van der Waals surface area contributed by atoms with Crippen LogP contribution >= 0.6 is 0 Å². The van der Waals surface area contributed by atoms with Gasteiger partial charge in [-0.05, 0) is 41.5 Å². The highest BCUT2D eigenvalue weighted by Gasteiger charge is 2.04. The highest BCUT2D eigenvalue weighted by atomic mass is 16.4. The van der Waals surface area contributed by atoms with Gasteiger partial charge >= 0.3 is 5.97 Å². The van der Waals surface area contributed by atoms with E-state index >= 15 is 0 Å². The Morgan fingerprint density at radius 2 is 2.06 bits per heavy atom. The number of tetrazole rings is 1. The van der Waals surface area contributed by atoms with E-state index in [9.17, 15) is 4.79 Å². The molecule has 0 saturated carbocycles. The van der Waals surface area contributed by atoms with Crippen molar-refractivity contribution in [2.24, 2.45) is 0 Å². The molecule has 6 nitrogen and oxygen atoms in total. The number of carboxylic acids is 1. The number of carboxylic acid groups (broad SMARTS) is 1. The molecule has 6 heteroatoms. The van der Waals surface area contributed by atoms with Gasteiger partial charge in [-0.3, -0.25) is 4.79 Å². The first-order valence-corrected chi connectivity index (χ1v) is 5.23. The maximum Gasteiger partial charge on any atom is 0.303 e. The molecular weight excluding hydrogens is 220 g/mol. The maximum absolute atomic E-state index is 10.4. The number of hydrogen-bond acceptors (Lipinski definition) is 4. The molecule has 0 aliphatic carbocycles. The molecule has 0 bridgehead atoms. The van der Waals surface area contributed by atoms with Crippen LogP contribution in [-0.4, -0.2) is 31.3 Å². The SMILES string of the molecule is Cc1nnnn1-c1ccc(CCC(=O)O)cc1. The first kappa shape index (κ1) is 11.3. The maximum atomic E-state index is 10.4. The van der Waals surface area contributed by atoms with Crippen molar-refractivity contribution in [2.45, 2.75) is 19.8 Å². The van der Waals surface area contributed by atoms with Crippen LogP contribution in [0.5, 0.6) is 0 Å². The molecule has 0 radical (unpaired) electrons. The van der Waals surface area contributed by atoms with Crippen LogP contribution < -0.4 is 0 Å². The van der Waals surface area contributed by atoms with Gasteiger partial charge in [0.15, 0.2) is 5.82 Å². The molecule has 0 aliphatic rings. The lowest BCUT2D eigenvalue weighted by molar-refractivity contribution is -0.136. The van der Waals surface area contributed by atoms with Crippen LogP contribution in [0.1, 0.15) is 17.8 Å². The summed E-state index contributed by atoms with van der Waals surface area (Å²) in [7, 11) is 0. The molecule has 1 N–H and O–H groups in total. The van der Waals surface area contributed by atoms with Crippen molar-refractivity contribution in [3.63, 3.8) is 0 Å². The molecule has 1 heterocycles. The number of hydrogen-bond donors (Lipinski definition) is 1. The van der Waals surface area contributed by atoms with Crippen molar-refractivity contribution >= 4 is 5.97 Å². The number of aryl methyl sites for hydroxylation is 2. The minimum absolute atomic E-state index is 0.142. The molecule has 0 saturated heterocycles. The second-order valence-corrected chi connectivity index (χ2v) is 3.70. The van der Waals surface area contributed by atoms with Crippen LogP contribution in [0.4, 0.5) is 0 Å². The monoisotopic (exact) mass is 232 g/mol. The van der Waals surface area contributed by atoms with Gasteiger partial charge in [-0.2, -0.15) is 4.68 Å². The normalized spacial score (nSPS) is 10.4. The second kappa shape index (κ2) is 4.73. The first-order valence-electron chi connectivity index (χ1n) is 5.23. The molecule has 0 amide bonds. The summed E-state index contributed by atoms with van der Waals surface area (Å²) >= 11 is 0. The topological polar surface area (TPSA) is 80.9 Å². The Morgan fingerprint density at radius 3 is 2.59 bits per heavy atom. The van der Waals surface area contributed by atoms with Crippen molar-refractivity contribution in [3.05, 3.63) is 35.7 Å². The minimum atomic E-state index is -0.787. The minimum Gasteiger partial charge on any atom is -0.481 e. The van der Waals surface area contributed by atoms with Gasteiger partial charge in [-0.15, -0.1) is 5.10 Å². The van der Waals surface area contributed by atoms with E-state index in [0.717, 1.165) is 11.3 Å². The van der Waals surface area contributed by atoms with E-state index in [1.807, 2.05) is 31.2 Å². The third-order valence-corrected chi connectivity index (χ3v) is 2.43. The van der Waals surface area contributed by atoms with Crippen molar-refractivity contribution in [1.82, 2.24) is 20.2 Å². The molecule has 0 atom stereocenters. The first-order chi connectivity index (χ1) is 8.16. The van der Waals surface area contributed by atoms with Gasteiger partial charge in [-0.1, -0.05) is 12.1 Å². The van der Waals surface area contributed by atoms with E-state index in [1.54, 1.807) is 4.68 Å². The summed E-state index contributed by atoms with van der Waals surface area (Å²) in [6.07, 6.45) is 0.674. The second-order valence-electron chi connectivity index (χ2n) is 3.70. The Morgan fingerprint density at radius 1 is 1.35 bits per heavy atom. The van der Waals surface area contributed by atoms with Crippen LogP contribution in [0.15, 0.2) is 24.3 Å². The number of nitrogens with zero attached hydrogens (tertiary/aromatic N) is 4. The molecule has 1 aromatic heterocycles. The highest BCUT2D eigenvalue weighted by molar-refractivity contribution is 5.67. The lowest BCUT2D eigenvalue weighted by Gasteiger charge is -2.03. The number of benzene rings is 1. The number of rotatable bonds is 4. The summed E-state index contributed by atoms with van der Waals surface area (Å²) in [6.45, 7) is 1.82. The summed E-state index contributed by atoms with van der Waals surface area (Å²) < 4.78 is 1.63. The molecule has 0 unspecified atom stereocenters. The molecule has 17 heavy (non-hydrogen) atoms. The van der Waals surface area contributed by atoms with Crippen molar-refractivity contribution in [1.29, 1.82) is 0 Å². The van der Waals surface area contributed by atoms with E-state index in [-0.39, 0.29) is 6.42 Å². The fraction of sp³-hybridized carbons (Fsp3) is 0.273. The van der Waals surface area contributed by atoms with E-state index in [4.69, 9.17) is 5.11 Å². The molecule has 2 rings (SSSR count). The largest absolute Gasteiger partial charge is 0.481 e. The van der Waals surface area contributed by atoms with Crippen LogP contribution in [0.3, 0.4) is 0 Å². The Kier molecular flexibility index (Phi) is 3.13. The summed E-state index contributed by atoms with van der Waals surface area (Å²) in [4.78, 5) is 10.4. The standard InChI is InChI=1S/C11H12N4O2/c1-8-12-13-14-15(8)10-5-2-9(3-6-10)4-7-11(16)17/h2-3,5-6H,4,7H2,1H3,(H,16,17). The van der Waals surface area contributed by atoms with Gasteiger partial charge in [-0.25, -0.2) is 0 Å². The zero-order valence-electron chi connectivity index (χ0n) is 9.37. The zero-order valence-corrected chi connectivity index (χ0v) is 9.37. The Bertz CT molecular complexity index is 519. The Balaban J connectivity index is 2.13. The lowest BCUT2D eigenvalue weighted by Crippen LogP contribution is -2.00. The van der Waals surface area contributed by atoms with Gasteiger partial charge < -0.3 is 5.11 Å². The number of aliphatic carboxylic acids is 1. The predicted molar refractivity (Wildman–Crippen MR) is 59.8 cm³/mol. The summed E-state index contributed by atoms with van der Waals surface area (Å²) in [5.74, 6) is -0.0753. The van der Waals surface area contributed by atoms with Crippen LogP contribution in [-0.2, 0) is 11.2 Å². The summed E-state index contributed by atoms with van der Waals surface area (Å²) in [5.41, 5.74) is 1.86. The summed E-state index contributed by atoms with van der Waals surface area (Å²) in [6, 6.07) is 7.53. The smallest absolute Gasteiger partial charge is 0.303 e. The van der Waals surface area contributed by atoms with Gasteiger partial charge in [0.2, 0.25) is 0 Å². The van der Waals surface area contributed by atoms with E-state index < -0.39 is 5.97 Å². The zero-order chi connectivity index (χ0) is 12.3. The molecule has 0 spiro atoms. The van der Waals surface area contributed by atoms with Gasteiger partial charge in [0, 0.05) is 6.42 Å². The Labute approximate surface area is 97.9 Å². The number of aromatic nitrogens is 4. The van der Waals surface area contributed by atoms with Crippen molar-refractivity contribution < 1.29 is 9.90 Å². The molecule has 0 fully saturated rings. The van der Waals surface area contributed by atoms with E-state index in [1.165, 1.54) is 0 Å². The predicted octanol–water partition coefficient (Wildman–Crippen LogP) is 0.988. The van der Waals surface area contributed by atoms with E-state index in [2.05, 4.69) is 15.5 Å². The highest BCUT2D eigenvalue weighted by Crippen LogP contribution is 2.10. The van der Waals surface area contributed by atoms with E-state index in [0.29, 0.717) is 12.2 Å². The van der Waals surface area contributed by atoms with Crippen LogP contribution in [0.2, 0.25) is 0 Å². The van der Waals surface area contributed by atoms with Gasteiger partial charge in [0.1, 0.15) is 0 Å². The molecule has 2 aromatic rings. The molecule has 0 aliphatic heterocycles.